The van der Waals surface area contributed by atoms with Crippen molar-refractivity contribution in [1.82, 2.24) is 5.32 Å². The van der Waals surface area contributed by atoms with Crippen LogP contribution < -0.4 is 5.32 Å². The van der Waals surface area contributed by atoms with Crippen molar-refractivity contribution in [2.75, 3.05) is 13.2 Å². The van der Waals surface area contributed by atoms with Crippen LogP contribution in [0.4, 0.5) is 0 Å². The molecule has 0 aromatic heterocycles. The molecule has 1 fully saturated rings. The zero-order valence-electron chi connectivity index (χ0n) is 9.34. The minimum absolute atomic E-state index is 0.431. The van der Waals surface area contributed by atoms with E-state index in [1.54, 1.807) is 0 Å². The summed E-state index contributed by atoms with van der Waals surface area (Å²) in [6.45, 7) is 11.0. The van der Waals surface area contributed by atoms with Gasteiger partial charge in [0.1, 0.15) is 0 Å². The van der Waals surface area contributed by atoms with E-state index in [1.807, 2.05) is 0 Å². The van der Waals surface area contributed by atoms with Crippen molar-refractivity contribution in [1.29, 1.82) is 0 Å². The predicted octanol–water partition coefficient (Wildman–Crippen LogP) is 2.05. The Hall–Kier alpha value is -0.0800. The molecule has 0 aliphatic carbocycles. The summed E-state index contributed by atoms with van der Waals surface area (Å²) in [7, 11) is 0. The summed E-state index contributed by atoms with van der Waals surface area (Å²) >= 11 is 0. The molecule has 2 heteroatoms. The Morgan fingerprint density at radius 3 is 2.54 bits per heavy atom. The van der Waals surface area contributed by atoms with Crippen molar-refractivity contribution in [2.24, 2.45) is 11.8 Å². The molecule has 1 N–H and O–H groups in total. The second-order valence-corrected chi connectivity index (χ2v) is 4.43. The lowest BCUT2D eigenvalue weighted by atomic mass is 9.90. The highest BCUT2D eigenvalue weighted by Gasteiger charge is 2.32. The first-order valence-corrected chi connectivity index (χ1v) is 5.51. The van der Waals surface area contributed by atoms with Gasteiger partial charge in [0.25, 0.3) is 0 Å². The molecule has 2 nitrogen and oxygen atoms in total. The van der Waals surface area contributed by atoms with Gasteiger partial charge >= 0.3 is 0 Å². The van der Waals surface area contributed by atoms with Gasteiger partial charge in [0.15, 0.2) is 0 Å². The SMILES string of the molecule is CCNC(C(C)C)C1OCCC1C. The van der Waals surface area contributed by atoms with Crippen LogP contribution in [-0.4, -0.2) is 25.3 Å². The molecule has 0 saturated carbocycles. The molecule has 3 atom stereocenters. The summed E-state index contributed by atoms with van der Waals surface area (Å²) in [5, 5.41) is 3.53. The number of hydrogen-bond acceptors (Lipinski definition) is 2. The molecular weight excluding hydrogens is 162 g/mol. The summed E-state index contributed by atoms with van der Waals surface area (Å²) < 4.78 is 5.78. The monoisotopic (exact) mass is 185 g/mol. The molecule has 1 aliphatic rings. The molecule has 1 heterocycles. The minimum atomic E-state index is 0.431. The van der Waals surface area contributed by atoms with Crippen molar-refractivity contribution in [3.05, 3.63) is 0 Å². The van der Waals surface area contributed by atoms with Gasteiger partial charge in [-0.3, -0.25) is 0 Å². The molecule has 1 saturated heterocycles. The van der Waals surface area contributed by atoms with Crippen molar-refractivity contribution in [2.45, 2.75) is 46.3 Å². The summed E-state index contributed by atoms with van der Waals surface area (Å²) in [5.74, 6) is 1.37. The maximum Gasteiger partial charge on any atom is 0.0756 e. The third-order valence-corrected chi connectivity index (χ3v) is 2.96. The van der Waals surface area contributed by atoms with Gasteiger partial charge in [-0.05, 0) is 24.8 Å². The highest BCUT2D eigenvalue weighted by molar-refractivity contribution is 4.86. The molecule has 0 aromatic rings. The minimum Gasteiger partial charge on any atom is -0.376 e. The van der Waals surface area contributed by atoms with E-state index in [-0.39, 0.29) is 0 Å². The molecule has 13 heavy (non-hydrogen) atoms. The number of rotatable bonds is 4. The lowest BCUT2D eigenvalue weighted by Crippen LogP contribution is -2.45. The number of nitrogens with one attached hydrogen (secondary N) is 1. The first-order valence-electron chi connectivity index (χ1n) is 5.51. The first-order chi connectivity index (χ1) is 6.16. The highest BCUT2D eigenvalue weighted by atomic mass is 16.5. The van der Waals surface area contributed by atoms with Gasteiger partial charge in [-0.25, -0.2) is 0 Å². The molecule has 0 aromatic carbocycles. The Labute approximate surface area is 82.0 Å². The van der Waals surface area contributed by atoms with Crippen LogP contribution in [0.2, 0.25) is 0 Å². The van der Waals surface area contributed by atoms with E-state index >= 15 is 0 Å². The molecule has 0 amide bonds. The number of ether oxygens (including phenoxy) is 1. The molecule has 0 radical (unpaired) electrons. The molecule has 3 unspecified atom stereocenters. The number of hydrogen-bond donors (Lipinski definition) is 1. The maximum atomic E-state index is 5.78. The van der Waals surface area contributed by atoms with Crippen LogP contribution in [0.3, 0.4) is 0 Å². The fourth-order valence-electron chi connectivity index (χ4n) is 2.14. The standard InChI is InChI=1S/C11H23NO/c1-5-12-10(8(2)3)11-9(4)6-7-13-11/h8-12H,5-7H2,1-4H3. The third kappa shape index (κ3) is 2.68. The Balaban J connectivity index is 2.52. The molecule has 1 rings (SSSR count). The van der Waals surface area contributed by atoms with Gasteiger partial charge in [0, 0.05) is 12.6 Å². The molecular formula is C11H23NO. The zero-order chi connectivity index (χ0) is 9.84. The Morgan fingerprint density at radius 2 is 2.15 bits per heavy atom. The summed E-state index contributed by atoms with van der Waals surface area (Å²) in [4.78, 5) is 0. The Morgan fingerprint density at radius 1 is 1.46 bits per heavy atom. The van der Waals surface area contributed by atoms with Crippen molar-refractivity contribution >= 4 is 0 Å². The van der Waals surface area contributed by atoms with Gasteiger partial charge < -0.3 is 10.1 Å². The van der Waals surface area contributed by atoms with E-state index < -0.39 is 0 Å². The second-order valence-electron chi connectivity index (χ2n) is 4.43. The van der Waals surface area contributed by atoms with Crippen molar-refractivity contribution in [3.8, 4) is 0 Å². The largest absolute Gasteiger partial charge is 0.376 e. The van der Waals surface area contributed by atoms with Crippen LogP contribution in [0.25, 0.3) is 0 Å². The van der Waals surface area contributed by atoms with Gasteiger partial charge in [0.05, 0.1) is 6.10 Å². The van der Waals surface area contributed by atoms with Crippen LogP contribution in [0.1, 0.15) is 34.1 Å². The average Bonchev–Trinajstić information content (AvgIpc) is 2.47. The molecule has 0 spiro atoms. The quantitative estimate of drug-likeness (QED) is 0.723. The second kappa shape index (κ2) is 4.97. The van der Waals surface area contributed by atoms with Crippen molar-refractivity contribution in [3.63, 3.8) is 0 Å². The van der Waals surface area contributed by atoms with Crippen LogP contribution >= 0.6 is 0 Å². The predicted molar refractivity (Wildman–Crippen MR) is 55.8 cm³/mol. The maximum absolute atomic E-state index is 5.78. The molecule has 1 aliphatic heterocycles. The first kappa shape index (κ1) is 11.0. The van der Waals surface area contributed by atoms with E-state index in [0.717, 1.165) is 13.2 Å². The fraction of sp³-hybridized carbons (Fsp3) is 1.00. The Kier molecular flexibility index (Phi) is 4.20. The Bertz CT molecular complexity index is 147. The topological polar surface area (TPSA) is 21.3 Å². The van der Waals surface area contributed by atoms with Crippen LogP contribution in [0, 0.1) is 11.8 Å². The number of likely N-dealkylation sites (N-methyl/N-ethyl adjacent to an activating group) is 1. The third-order valence-electron chi connectivity index (χ3n) is 2.96. The smallest absolute Gasteiger partial charge is 0.0756 e. The van der Waals surface area contributed by atoms with E-state index in [4.69, 9.17) is 4.74 Å². The normalized spacial score (nSPS) is 31.2. The summed E-state index contributed by atoms with van der Waals surface area (Å²) in [6, 6.07) is 0.530. The van der Waals surface area contributed by atoms with Crippen LogP contribution in [0.5, 0.6) is 0 Å². The van der Waals surface area contributed by atoms with E-state index in [1.165, 1.54) is 6.42 Å². The molecule has 78 valence electrons. The summed E-state index contributed by atoms with van der Waals surface area (Å²) in [5.41, 5.74) is 0. The lowest BCUT2D eigenvalue weighted by Gasteiger charge is -2.29. The fourth-order valence-corrected chi connectivity index (χ4v) is 2.14. The van der Waals surface area contributed by atoms with Gasteiger partial charge in [-0.2, -0.15) is 0 Å². The van der Waals surface area contributed by atoms with Gasteiger partial charge in [0.2, 0.25) is 0 Å². The molecule has 0 bridgehead atoms. The van der Waals surface area contributed by atoms with Crippen molar-refractivity contribution < 1.29 is 4.74 Å². The lowest BCUT2D eigenvalue weighted by molar-refractivity contribution is 0.0468. The van der Waals surface area contributed by atoms with E-state index in [9.17, 15) is 0 Å². The van der Waals surface area contributed by atoms with Crippen LogP contribution in [0.15, 0.2) is 0 Å². The van der Waals surface area contributed by atoms with Gasteiger partial charge in [-0.1, -0.05) is 27.7 Å². The zero-order valence-corrected chi connectivity index (χ0v) is 9.34. The van der Waals surface area contributed by atoms with E-state index in [0.29, 0.717) is 24.0 Å². The van der Waals surface area contributed by atoms with Crippen LogP contribution in [-0.2, 0) is 4.74 Å². The van der Waals surface area contributed by atoms with Gasteiger partial charge in [-0.15, -0.1) is 0 Å². The highest BCUT2D eigenvalue weighted by Crippen LogP contribution is 2.25. The average molecular weight is 185 g/mol. The van der Waals surface area contributed by atoms with E-state index in [2.05, 4.69) is 33.0 Å². The summed E-state index contributed by atoms with van der Waals surface area (Å²) in [6.07, 6.45) is 1.65.